The van der Waals surface area contributed by atoms with Crippen LogP contribution in [0.15, 0.2) is 36.7 Å². The molecule has 0 aliphatic heterocycles. The number of benzene rings is 1. The second kappa shape index (κ2) is 5.96. The maximum atomic E-state index is 6.06. The van der Waals surface area contributed by atoms with Crippen LogP contribution in [0.4, 0.5) is 5.69 Å². The third-order valence-corrected chi connectivity index (χ3v) is 3.13. The SMILES string of the molecule is CC(N)C(Oc1cccc(N(C)C)c1)c1cnn(C)c1. The molecule has 2 unspecified atom stereocenters. The zero-order valence-corrected chi connectivity index (χ0v) is 12.4. The van der Waals surface area contributed by atoms with Gasteiger partial charge in [-0.2, -0.15) is 5.10 Å². The predicted molar refractivity (Wildman–Crippen MR) is 81.0 cm³/mol. The van der Waals surface area contributed by atoms with E-state index in [1.165, 1.54) is 0 Å². The third-order valence-electron chi connectivity index (χ3n) is 3.13. The topological polar surface area (TPSA) is 56.3 Å². The van der Waals surface area contributed by atoms with E-state index in [4.69, 9.17) is 10.5 Å². The van der Waals surface area contributed by atoms with Crippen molar-refractivity contribution in [3.63, 3.8) is 0 Å². The molecule has 1 heterocycles. The summed E-state index contributed by atoms with van der Waals surface area (Å²) < 4.78 is 7.82. The number of hydrogen-bond acceptors (Lipinski definition) is 4. The maximum Gasteiger partial charge on any atom is 0.141 e. The van der Waals surface area contributed by atoms with Crippen LogP contribution in [-0.4, -0.2) is 29.9 Å². The molecule has 0 saturated carbocycles. The number of nitrogens with two attached hydrogens (primary N) is 1. The molecule has 0 spiro atoms. The van der Waals surface area contributed by atoms with E-state index in [0.717, 1.165) is 17.0 Å². The van der Waals surface area contributed by atoms with Crippen molar-refractivity contribution >= 4 is 5.69 Å². The van der Waals surface area contributed by atoms with Gasteiger partial charge in [-0.25, -0.2) is 0 Å². The number of aryl methyl sites for hydroxylation is 1. The summed E-state index contributed by atoms with van der Waals surface area (Å²) in [6.07, 6.45) is 3.52. The van der Waals surface area contributed by atoms with Gasteiger partial charge in [0.2, 0.25) is 0 Å². The first kappa shape index (κ1) is 14.4. The van der Waals surface area contributed by atoms with Crippen LogP contribution in [-0.2, 0) is 7.05 Å². The van der Waals surface area contributed by atoms with Gasteiger partial charge >= 0.3 is 0 Å². The third kappa shape index (κ3) is 3.30. The summed E-state index contributed by atoms with van der Waals surface area (Å²) in [5.41, 5.74) is 8.13. The Balaban J connectivity index is 2.22. The number of hydrogen-bond donors (Lipinski definition) is 1. The van der Waals surface area contributed by atoms with Crippen LogP contribution >= 0.6 is 0 Å². The molecular formula is C15H22N4O. The number of anilines is 1. The van der Waals surface area contributed by atoms with Gasteiger partial charge in [0.25, 0.3) is 0 Å². The molecule has 0 amide bonds. The molecule has 0 aliphatic rings. The fourth-order valence-corrected chi connectivity index (χ4v) is 2.05. The van der Waals surface area contributed by atoms with Gasteiger partial charge < -0.3 is 15.4 Å². The standard InChI is InChI=1S/C15H22N4O/c1-11(16)15(12-9-17-19(4)10-12)20-14-7-5-6-13(8-14)18(2)3/h5-11,15H,16H2,1-4H3. The van der Waals surface area contributed by atoms with Crippen LogP contribution in [0.5, 0.6) is 5.75 Å². The van der Waals surface area contributed by atoms with Crippen molar-refractivity contribution in [1.29, 1.82) is 0 Å². The van der Waals surface area contributed by atoms with Crippen LogP contribution in [0, 0.1) is 0 Å². The highest BCUT2D eigenvalue weighted by Crippen LogP contribution is 2.26. The van der Waals surface area contributed by atoms with Crippen molar-refractivity contribution in [3.05, 3.63) is 42.2 Å². The lowest BCUT2D eigenvalue weighted by Crippen LogP contribution is -2.28. The second-order valence-corrected chi connectivity index (χ2v) is 5.24. The van der Waals surface area contributed by atoms with Crippen molar-refractivity contribution in [2.24, 2.45) is 12.8 Å². The highest BCUT2D eigenvalue weighted by molar-refractivity contribution is 5.49. The van der Waals surface area contributed by atoms with E-state index >= 15 is 0 Å². The van der Waals surface area contributed by atoms with Gasteiger partial charge in [-0.05, 0) is 19.1 Å². The summed E-state index contributed by atoms with van der Waals surface area (Å²) in [7, 11) is 5.89. The highest BCUT2D eigenvalue weighted by atomic mass is 16.5. The molecule has 2 N–H and O–H groups in total. The quantitative estimate of drug-likeness (QED) is 0.905. The Labute approximate surface area is 119 Å². The molecule has 2 aromatic rings. The van der Waals surface area contributed by atoms with Gasteiger partial charge in [-0.1, -0.05) is 6.07 Å². The Morgan fingerprint density at radius 3 is 2.65 bits per heavy atom. The van der Waals surface area contributed by atoms with Gasteiger partial charge in [0.15, 0.2) is 0 Å². The van der Waals surface area contributed by atoms with Crippen molar-refractivity contribution < 1.29 is 4.74 Å². The summed E-state index contributed by atoms with van der Waals surface area (Å²) in [5.74, 6) is 0.808. The molecule has 108 valence electrons. The van der Waals surface area contributed by atoms with Gasteiger partial charge in [0.05, 0.1) is 6.20 Å². The zero-order chi connectivity index (χ0) is 14.7. The molecular weight excluding hydrogens is 252 g/mol. The first-order valence-corrected chi connectivity index (χ1v) is 6.65. The summed E-state index contributed by atoms with van der Waals surface area (Å²) in [6, 6.07) is 7.84. The zero-order valence-electron chi connectivity index (χ0n) is 12.4. The fourth-order valence-electron chi connectivity index (χ4n) is 2.05. The first-order chi connectivity index (χ1) is 9.47. The van der Waals surface area contributed by atoms with Gasteiger partial charge in [0, 0.05) is 50.7 Å². The lowest BCUT2D eigenvalue weighted by atomic mass is 10.1. The summed E-state index contributed by atoms with van der Waals surface area (Å²) in [5, 5.41) is 4.18. The highest BCUT2D eigenvalue weighted by Gasteiger charge is 2.20. The fraction of sp³-hybridized carbons (Fsp3) is 0.400. The van der Waals surface area contributed by atoms with Crippen LogP contribution in [0.1, 0.15) is 18.6 Å². The molecule has 0 radical (unpaired) electrons. The average molecular weight is 274 g/mol. The van der Waals surface area contributed by atoms with Gasteiger partial charge in [-0.15, -0.1) is 0 Å². The van der Waals surface area contributed by atoms with E-state index < -0.39 is 0 Å². The minimum absolute atomic E-state index is 0.123. The molecule has 1 aromatic heterocycles. The Kier molecular flexibility index (Phi) is 4.29. The molecule has 0 bridgehead atoms. The Morgan fingerprint density at radius 1 is 1.35 bits per heavy atom. The lowest BCUT2D eigenvalue weighted by Gasteiger charge is -2.22. The Bertz CT molecular complexity index is 563. The van der Waals surface area contributed by atoms with Gasteiger partial charge in [0.1, 0.15) is 11.9 Å². The number of nitrogens with zero attached hydrogens (tertiary/aromatic N) is 3. The largest absolute Gasteiger partial charge is 0.484 e. The minimum atomic E-state index is -0.207. The Hall–Kier alpha value is -2.01. The van der Waals surface area contributed by atoms with E-state index in [0.29, 0.717) is 0 Å². The molecule has 20 heavy (non-hydrogen) atoms. The summed E-state index contributed by atoms with van der Waals surface area (Å²) in [4.78, 5) is 2.04. The van der Waals surface area contributed by atoms with Crippen LogP contribution in [0.2, 0.25) is 0 Å². The summed E-state index contributed by atoms with van der Waals surface area (Å²) in [6.45, 7) is 1.94. The van der Waals surface area contributed by atoms with E-state index in [2.05, 4.69) is 5.10 Å². The van der Waals surface area contributed by atoms with Crippen molar-refractivity contribution in [2.45, 2.75) is 19.1 Å². The second-order valence-electron chi connectivity index (χ2n) is 5.24. The molecule has 0 saturated heterocycles. The molecule has 0 fully saturated rings. The van der Waals surface area contributed by atoms with E-state index in [-0.39, 0.29) is 12.1 Å². The van der Waals surface area contributed by atoms with E-state index in [1.807, 2.05) is 63.4 Å². The van der Waals surface area contributed by atoms with E-state index in [1.54, 1.807) is 10.9 Å². The monoisotopic (exact) mass is 274 g/mol. The van der Waals surface area contributed by atoms with Crippen LogP contribution in [0.3, 0.4) is 0 Å². The summed E-state index contributed by atoms with van der Waals surface area (Å²) >= 11 is 0. The molecule has 5 nitrogen and oxygen atoms in total. The van der Waals surface area contributed by atoms with E-state index in [9.17, 15) is 0 Å². The number of aromatic nitrogens is 2. The Morgan fingerprint density at radius 2 is 2.10 bits per heavy atom. The number of rotatable bonds is 5. The molecule has 0 aliphatic carbocycles. The van der Waals surface area contributed by atoms with Crippen molar-refractivity contribution in [2.75, 3.05) is 19.0 Å². The van der Waals surface area contributed by atoms with Crippen LogP contribution in [0.25, 0.3) is 0 Å². The van der Waals surface area contributed by atoms with Crippen molar-refractivity contribution in [1.82, 2.24) is 9.78 Å². The molecule has 1 aromatic carbocycles. The molecule has 2 rings (SSSR count). The van der Waals surface area contributed by atoms with Crippen LogP contribution < -0.4 is 15.4 Å². The lowest BCUT2D eigenvalue weighted by molar-refractivity contribution is 0.180. The predicted octanol–water partition coefficient (Wildman–Crippen LogP) is 1.95. The first-order valence-electron chi connectivity index (χ1n) is 6.65. The van der Waals surface area contributed by atoms with Gasteiger partial charge in [-0.3, -0.25) is 4.68 Å². The smallest absolute Gasteiger partial charge is 0.141 e. The molecule has 5 heteroatoms. The minimum Gasteiger partial charge on any atom is -0.484 e. The number of ether oxygens (including phenoxy) is 1. The molecule has 2 atom stereocenters. The average Bonchev–Trinajstić information content (AvgIpc) is 2.82. The maximum absolute atomic E-state index is 6.06. The normalized spacial score (nSPS) is 13.8. The van der Waals surface area contributed by atoms with Crippen molar-refractivity contribution in [3.8, 4) is 5.75 Å².